The van der Waals surface area contributed by atoms with E-state index in [2.05, 4.69) is 47.8 Å². The first kappa shape index (κ1) is 17.5. The fraction of sp³-hybridized carbons (Fsp3) is 0.250. The van der Waals surface area contributed by atoms with Crippen LogP contribution in [0.5, 0.6) is 0 Å². The molecule has 0 saturated heterocycles. The largest absolute Gasteiger partial charge is 0.207 e. The van der Waals surface area contributed by atoms with Crippen molar-refractivity contribution in [1.29, 1.82) is 0 Å². The molecule has 0 bridgehead atoms. The van der Waals surface area contributed by atoms with Crippen molar-refractivity contribution in [3.05, 3.63) is 68.9 Å². The van der Waals surface area contributed by atoms with E-state index in [0.717, 1.165) is 20.7 Å². The van der Waals surface area contributed by atoms with Crippen LogP contribution in [0.15, 0.2) is 46.9 Å². The fourth-order valence-corrected chi connectivity index (χ4v) is 4.65. The summed E-state index contributed by atoms with van der Waals surface area (Å²) in [6.07, 6.45) is 0.601. The SMILES string of the molecule is Fc1cc(Br)ccc1CC(CBr)(CBr)c1ccc(Cl)cc1. The molecule has 0 N–H and O–H groups in total. The van der Waals surface area contributed by atoms with Crippen molar-refractivity contribution in [1.82, 2.24) is 0 Å². The molecule has 0 unspecified atom stereocenters. The van der Waals surface area contributed by atoms with Gasteiger partial charge in [0.1, 0.15) is 5.82 Å². The zero-order valence-electron chi connectivity index (χ0n) is 11.1. The summed E-state index contributed by atoms with van der Waals surface area (Å²) in [5.74, 6) is -0.190. The number of hydrogen-bond acceptors (Lipinski definition) is 0. The maximum absolute atomic E-state index is 14.2. The lowest BCUT2D eigenvalue weighted by atomic mass is 9.79. The molecule has 21 heavy (non-hydrogen) atoms. The summed E-state index contributed by atoms with van der Waals surface area (Å²) in [7, 11) is 0. The second-order valence-corrected chi connectivity index (χ2v) is 7.44. The van der Waals surface area contributed by atoms with E-state index < -0.39 is 0 Å². The van der Waals surface area contributed by atoms with E-state index in [4.69, 9.17) is 11.6 Å². The van der Waals surface area contributed by atoms with E-state index >= 15 is 0 Å². The highest BCUT2D eigenvalue weighted by Crippen LogP contribution is 2.34. The molecule has 2 rings (SSSR count). The summed E-state index contributed by atoms with van der Waals surface area (Å²) >= 11 is 16.4. The van der Waals surface area contributed by atoms with Gasteiger partial charge < -0.3 is 0 Å². The molecule has 0 fully saturated rings. The van der Waals surface area contributed by atoms with Gasteiger partial charge in [-0.15, -0.1) is 0 Å². The molecule has 0 aliphatic rings. The highest BCUT2D eigenvalue weighted by Gasteiger charge is 2.31. The summed E-state index contributed by atoms with van der Waals surface area (Å²) in [5.41, 5.74) is 1.61. The van der Waals surface area contributed by atoms with Crippen LogP contribution in [0, 0.1) is 5.82 Å². The molecular formula is C16H13Br3ClF. The molecule has 112 valence electrons. The topological polar surface area (TPSA) is 0 Å². The highest BCUT2D eigenvalue weighted by molar-refractivity contribution is 9.10. The van der Waals surface area contributed by atoms with Gasteiger partial charge in [-0.25, -0.2) is 4.39 Å². The standard InChI is InChI=1S/C16H13Br3ClF/c17-9-16(10-18,12-2-5-14(20)6-3-12)8-11-1-4-13(19)7-15(11)21/h1-7H,8-10H2. The minimum atomic E-state index is -0.223. The first-order chi connectivity index (χ1) is 10.0. The summed E-state index contributed by atoms with van der Waals surface area (Å²) in [6.45, 7) is 0. The van der Waals surface area contributed by atoms with Gasteiger partial charge in [-0.05, 0) is 41.8 Å². The number of halogens is 5. The average Bonchev–Trinajstić information content (AvgIpc) is 2.48. The minimum absolute atomic E-state index is 0.190. The highest BCUT2D eigenvalue weighted by atomic mass is 79.9. The molecule has 0 amide bonds. The van der Waals surface area contributed by atoms with Gasteiger partial charge in [0.2, 0.25) is 0 Å². The molecule has 0 nitrogen and oxygen atoms in total. The van der Waals surface area contributed by atoms with Gasteiger partial charge in [0.15, 0.2) is 0 Å². The van der Waals surface area contributed by atoms with Gasteiger partial charge in [0, 0.05) is 25.6 Å². The molecule has 0 saturated carbocycles. The fourth-order valence-electron chi connectivity index (χ4n) is 2.22. The molecule has 0 aromatic heterocycles. The van der Waals surface area contributed by atoms with Crippen LogP contribution < -0.4 is 0 Å². The number of rotatable bonds is 5. The second kappa shape index (κ2) is 7.58. The molecule has 0 heterocycles. The maximum Gasteiger partial charge on any atom is 0.127 e. The molecule has 0 aliphatic carbocycles. The Kier molecular flexibility index (Phi) is 6.30. The molecule has 0 spiro atoms. The lowest BCUT2D eigenvalue weighted by Gasteiger charge is -2.31. The van der Waals surface area contributed by atoms with Gasteiger partial charge in [-0.2, -0.15) is 0 Å². The van der Waals surface area contributed by atoms with Gasteiger partial charge in [-0.3, -0.25) is 0 Å². The van der Waals surface area contributed by atoms with E-state index in [1.54, 1.807) is 0 Å². The Labute approximate surface area is 154 Å². The van der Waals surface area contributed by atoms with Crippen LogP contribution in [-0.4, -0.2) is 10.7 Å². The average molecular weight is 499 g/mol. The van der Waals surface area contributed by atoms with Gasteiger partial charge in [0.05, 0.1) is 0 Å². The Balaban J connectivity index is 2.40. The van der Waals surface area contributed by atoms with Gasteiger partial charge >= 0.3 is 0 Å². The predicted octanol–water partition coefficient (Wildman–Crippen LogP) is 6.51. The number of hydrogen-bond donors (Lipinski definition) is 0. The predicted molar refractivity (Wildman–Crippen MR) is 98.5 cm³/mol. The van der Waals surface area contributed by atoms with Crippen molar-refractivity contribution in [2.45, 2.75) is 11.8 Å². The molecule has 2 aromatic carbocycles. The van der Waals surface area contributed by atoms with Crippen LogP contribution in [-0.2, 0) is 11.8 Å². The van der Waals surface area contributed by atoms with Crippen LogP contribution in [0.1, 0.15) is 11.1 Å². The van der Waals surface area contributed by atoms with Crippen molar-refractivity contribution in [2.75, 3.05) is 10.7 Å². The van der Waals surface area contributed by atoms with E-state index in [0.29, 0.717) is 17.0 Å². The van der Waals surface area contributed by atoms with Gasteiger partial charge in [0.25, 0.3) is 0 Å². The van der Waals surface area contributed by atoms with E-state index in [-0.39, 0.29) is 11.2 Å². The van der Waals surface area contributed by atoms with Crippen LogP contribution in [0.4, 0.5) is 4.39 Å². The summed E-state index contributed by atoms with van der Waals surface area (Å²) in [4.78, 5) is 0. The quantitative estimate of drug-likeness (QED) is 0.412. The third-order valence-corrected chi connectivity index (χ3v) is 6.40. The van der Waals surface area contributed by atoms with E-state index in [9.17, 15) is 4.39 Å². The van der Waals surface area contributed by atoms with Crippen LogP contribution in [0.25, 0.3) is 0 Å². The van der Waals surface area contributed by atoms with Crippen molar-refractivity contribution in [3.8, 4) is 0 Å². The Morgan fingerprint density at radius 3 is 2.14 bits per heavy atom. The zero-order valence-corrected chi connectivity index (χ0v) is 16.6. The van der Waals surface area contributed by atoms with Crippen molar-refractivity contribution >= 4 is 59.4 Å². The first-order valence-corrected chi connectivity index (χ1v) is 9.74. The smallest absolute Gasteiger partial charge is 0.127 e. The van der Waals surface area contributed by atoms with E-state index in [1.165, 1.54) is 6.07 Å². The Hall–Kier alpha value is 0.1000. The lowest BCUT2D eigenvalue weighted by molar-refractivity contribution is 0.522. The van der Waals surface area contributed by atoms with Crippen LogP contribution >= 0.6 is 59.4 Å². The van der Waals surface area contributed by atoms with E-state index in [1.807, 2.05) is 36.4 Å². The third-order valence-electron chi connectivity index (χ3n) is 3.51. The Morgan fingerprint density at radius 2 is 1.62 bits per heavy atom. The molecule has 2 aromatic rings. The van der Waals surface area contributed by atoms with Gasteiger partial charge in [-0.1, -0.05) is 77.6 Å². The molecule has 0 radical (unpaired) electrons. The Bertz CT molecular complexity index is 609. The molecule has 5 heteroatoms. The number of alkyl halides is 2. The van der Waals surface area contributed by atoms with Crippen molar-refractivity contribution in [2.24, 2.45) is 0 Å². The van der Waals surface area contributed by atoms with Crippen LogP contribution in [0.3, 0.4) is 0 Å². The maximum atomic E-state index is 14.2. The molecule has 0 atom stereocenters. The van der Waals surface area contributed by atoms with Crippen molar-refractivity contribution < 1.29 is 4.39 Å². The second-order valence-electron chi connectivity index (χ2n) is 4.97. The number of benzene rings is 2. The molecular weight excluding hydrogens is 486 g/mol. The summed E-state index contributed by atoms with van der Waals surface area (Å²) in [6, 6.07) is 12.9. The Morgan fingerprint density at radius 1 is 1.00 bits per heavy atom. The molecule has 0 aliphatic heterocycles. The zero-order chi connectivity index (χ0) is 15.5. The first-order valence-electron chi connectivity index (χ1n) is 6.33. The van der Waals surface area contributed by atoms with Crippen molar-refractivity contribution in [3.63, 3.8) is 0 Å². The summed E-state index contributed by atoms with van der Waals surface area (Å²) in [5, 5.41) is 2.15. The van der Waals surface area contributed by atoms with Crippen LogP contribution in [0.2, 0.25) is 5.02 Å². The lowest BCUT2D eigenvalue weighted by Crippen LogP contribution is -2.33. The third kappa shape index (κ3) is 4.10. The summed E-state index contributed by atoms with van der Waals surface area (Å²) < 4.78 is 14.9. The monoisotopic (exact) mass is 496 g/mol. The normalized spacial score (nSPS) is 11.7. The minimum Gasteiger partial charge on any atom is -0.207 e.